The summed E-state index contributed by atoms with van der Waals surface area (Å²) in [5, 5.41) is 0. The van der Waals surface area contributed by atoms with Gasteiger partial charge in [-0.3, -0.25) is 0 Å². The van der Waals surface area contributed by atoms with Gasteiger partial charge in [0, 0.05) is 6.42 Å². The van der Waals surface area contributed by atoms with E-state index in [-0.39, 0.29) is 0 Å². The lowest BCUT2D eigenvalue weighted by molar-refractivity contribution is 0.0364. The number of para-hydroxylation sites is 2. The van der Waals surface area contributed by atoms with E-state index in [9.17, 15) is 0 Å². The van der Waals surface area contributed by atoms with E-state index < -0.39 is 0 Å². The first kappa shape index (κ1) is 14.2. The van der Waals surface area contributed by atoms with Crippen LogP contribution in [0.2, 0.25) is 0 Å². The van der Waals surface area contributed by atoms with Crippen LogP contribution < -0.4 is 10.5 Å². The summed E-state index contributed by atoms with van der Waals surface area (Å²) in [4.78, 5) is 0. The summed E-state index contributed by atoms with van der Waals surface area (Å²) < 4.78 is 11.6. The molecular weight excluding hydrogens is 238 g/mol. The van der Waals surface area contributed by atoms with Crippen LogP contribution in [0.4, 0.5) is 5.69 Å². The van der Waals surface area contributed by atoms with Gasteiger partial charge in [-0.1, -0.05) is 37.8 Å². The van der Waals surface area contributed by atoms with Crippen molar-refractivity contribution in [2.45, 2.75) is 51.0 Å². The third-order valence-corrected chi connectivity index (χ3v) is 3.62. The highest BCUT2D eigenvalue weighted by atomic mass is 16.5. The Labute approximate surface area is 116 Å². The van der Waals surface area contributed by atoms with Crippen molar-refractivity contribution in [2.75, 3.05) is 18.9 Å². The fourth-order valence-corrected chi connectivity index (χ4v) is 2.51. The van der Waals surface area contributed by atoms with Gasteiger partial charge in [-0.15, -0.1) is 0 Å². The summed E-state index contributed by atoms with van der Waals surface area (Å²) in [5.41, 5.74) is 6.51. The molecule has 1 aliphatic carbocycles. The zero-order valence-electron chi connectivity index (χ0n) is 11.6. The van der Waals surface area contributed by atoms with Gasteiger partial charge in [0.15, 0.2) is 0 Å². The molecule has 106 valence electrons. The van der Waals surface area contributed by atoms with Crippen LogP contribution in [0.15, 0.2) is 24.3 Å². The van der Waals surface area contributed by atoms with Gasteiger partial charge < -0.3 is 15.2 Å². The molecule has 0 atom stereocenters. The van der Waals surface area contributed by atoms with Crippen molar-refractivity contribution in [1.29, 1.82) is 0 Å². The van der Waals surface area contributed by atoms with E-state index in [1.54, 1.807) is 0 Å². The van der Waals surface area contributed by atoms with E-state index in [0.717, 1.165) is 18.8 Å². The second-order valence-electron chi connectivity index (χ2n) is 5.22. The molecule has 0 radical (unpaired) electrons. The fraction of sp³-hybridized carbons (Fsp3) is 0.625. The molecule has 19 heavy (non-hydrogen) atoms. The first-order chi connectivity index (χ1) is 9.36. The number of benzene rings is 1. The van der Waals surface area contributed by atoms with E-state index in [1.165, 1.54) is 38.5 Å². The van der Waals surface area contributed by atoms with Crippen LogP contribution in [0.25, 0.3) is 0 Å². The number of nitrogen functional groups attached to an aromatic ring is 1. The van der Waals surface area contributed by atoms with Gasteiger partial charge in [0.25, 0.3) is 0 Å². The van der Waals surface area contributed by atoms with Gasteiger partial charge in [0.2, 0.25) is 0 Å². The molecule has 3 heteroatoms. The number of anilines is 1. The van der Waals surface area contributed by atoms with Crippen molar-refractivity contribution in [3.05, 3.63) is 24.3 Å². The molecule has 0 saturated heterocycles. The highest BCUT2D eigenvalue weighted by molar-refractivity contribution is 5.51. The molecule has 1 aromatic rings. The smallest absolute Gasteiger partial charge is 0.142 e. The summed E-state index contributed by atoms with van der Waals surface area (Å²) in [6.45, 7) is 1.46. The lowest BCUT2D eigenvalue weighted by Gasteiger charge is -2.15. The molecule has 0 amide bonds. The fourth-order valence-electron chi connectivity index (χ4n) is 2.51. The molecular formula is C16H25NO2. The van der Waals surface area contributed by atoms with Gasteiger partial charge >= 0.3 is 0 Å². The predicted octanol–water partition coefficient (Wildman–Crippen LogP) is 3.78. The van der Waals surface area contributed by atoms with E-state index in [2.05, 4.69) is 0 Å². The van der Waals surface area contributed by atoms with Crippen LogP contribution in [0.1, 0.15) is 44.9 Å². The maximum Gasteiger partial charge on any atom is 0.142 e. The zero-order valence-corrected chi connectivity index (χ0v) is 11.6. The average Bonchev–Trinajstić information content (AvgIpc) is 2.69. The van der Waals surface area contributed by atoms with E-state index in [0.29, 0.717) is 18.4 Å². The maximum atomic E-state index is 5.92. The summed E-state index contributed by atoms with van der Waals surface area (Å²) in [5.74, 6) is 0.775. The molecule has 0 heterocycles. The number of hydrogen-bond acceptors (Lipinski definition) is 3. The molecule has 2 rings (SSSR count). The first-order valence-electron chi connectivity index (χ1n) is 7.45. The molecule has 3 nitrogen and oxygen atoms in total. The maximum absolute atomic E-state index is 5.92. The van der Waals surface area contributed by atoms with Crippen molar-refractivity contribution in [2.24, 2.45) is 0 Å². The number of hydrogen-bond donors (Lipinski definition) is 1. The standard InChI is InChI=1S/C16H25NO2/c17-15-10-5-6-11-16(15)19-13-7-12-18-14-8-3-1-2-4-9-14/h5-6,10-11,14H,1-4,7-9,12-13,17H2. The van der Waals surface area contributed by atoms with Crippen molar-refractivity contribution in [1.82, 2.24) is 0 Å². The number of rotatable bonds is 6. The summed E-state index contributed by atoms with van der Waals surface area (Å²) in [6.07, 6.45) is 9.24. The van der Waals surface area contributed by atoms with Crippen LogP contribution >= 0.6 is 0 Å². The molecule has 0 spiro atoms. The highest BCUT2D eigenvalue weighted by Crippen LogP contribution is 2.21. The van der Waals surface area contributed by atoms with Gasteiger partial charge in [-0.05, 0) is 25.0 Å². The monoisotopic (exact) mass is 263 g/mol. The van der Waals surface area contributed by atoms with Crippen molar-refractivity contribution in [3.8, 4) is 5.75 Å². The highest BCUT2D eigenvalue weighted by Gasteiger charge is 2.11. The minimum Gasteiger partial charge on any atom is -0.491 e. The molecule has 0 unspecified atom stereocenters. The van der Waals surface area contributed by atoms with Gasteiger partial charge in [-0.25, -0.2) is 0 Å². The van der Waals surface area contributed by atoms with Crippen LogP contribution in [0, 0.1) is 0 Å². The molecule has 2 N–H and O–H groups in total. The molecule has 0 aromatic heterocycles. The topological polar surface area (TPSA) is 44.5 Å². The number of ether oxygens (including phenoxy) is 2. The second-order valence-corrected chi connectivity index (χ2v) is 5.22. The van der Waals surface area contributed by atoms with Crippen LogP contribution in [0.3, 0.4) is 0 Å². The minimum absolute atomic E-state index is 0.476. The van der Waals surface area contributed by atoms with Crippen molar-refractivity contribution < 1.29 is 9.47 Å². The predicted molar refractivity (Wildman–Crippen MR) is 78.4 cm³/mol. The Balaban J connectivity index is 1.58. The SMILES string of the molecule is Nc1ccccc1OCCCOC1CCCCCC1. The Morgan fingerprint density at radius 2 is 1.74 bits per heavy atom. The van der Waals surface area contributed by atoms with E-state index in [4.69, 9.17) is 15.2 Å². The van der Waals surface area contributed by atoms with E-state index >= 15 is 0 Å². The minimum atomic E-state index is 0.476. The Hall–Kier alpha value is -1.22. The largest absolute Gasteiger partial charge is 0.491 e. The lowest BCUT2D eigenvalue weighted by Crippen LogP contribution is -2.14. The molecule has 1 aromatic carbocycles. The third kappa shape index (κ3) is 5.11. The van der Waals surface area contributed by atoms with Crippen LogP contribution in [0.5, 0.6) is 5.75 Å². The molecule has 1 fully saturated rings. The molecule has 0 bridgehead atoms. The normalized spacial score (nSPS) is 17.1. The molecule has 1 aliphatic rings. The Kier molecular flexibility index (Phi) is 6.02. The third-order valence-electron chi connectivity index (χ3n) is 3.62. The quantitative estimate of drug-likeness (QED) is 0.482. The van der Waals surface area contributed by atoms with Crippen molar-refractivity contribution in [3.63, 3.8) is 0 Å². The molecule has 0 aliphatic heterocycles. The second kappa shape index (κ2) is 8.05. The van der Waals surface area contributed by atoms with Gasteiger partial charge in [0.1, 0.15) is 5.75 Å². The van der Waals surface area contributed by atoms with Gasteiger partial charge in [-0.2, -0.15) is 0 Å². The Morgan fingerprint density at radius 1 is 1.00 bits per heavy atom. The van der Waals surface area contributed by atoms with Gasteiger partial charge in [0.05, 0.1) is 25.0 Å². The summed E-state index contributed by atoms with van der Waals surface area (Å²) in [7, 11) is 0. The van der Waals surface area contributed by atoms with Crippen LogP contribution in [-0.2, 0) is 4.74 Å². The summed E-state index contributed by atoms with van der Waals surface area (Å²) in [6, 6.07) is 7.62. The lowest BCUT2D eigenvalue weighted by atomic mass is 10.1. The van der Waals surface area contributed by atoms with Crippen LogP contribution in [-0.4, -0.2) is 19.3 Å². The van der Waals surface area contributed by atoms with Crippen molar-refractivity contribution >= 4 is 5.69 Å². The first-order valence-corrected chi connectivity index (χ1v) is 7.45. The average molecular weight is 263 g/mol. The number of nitrogens with two attached hydrogens (primary N) is 1. The molecule has 1 saturated carbocycles. The summed E-state index contributed by atoms with van der Waals surface area (Å²) >= 11 is 0. The Bertz CT molecular complexity index is 360. The Morgan fingerprint density at radius 3 is 2.47 bits per heavy atom. The van der Waals surface area contributed by atoms with E-state index in [1.807, 2.05) is 24.3 Å². The zero-order chi connectivity index (χ0) is 13.3.